The molecule has 84 valence electrons. The molecule has 0 bridgehead atoms. The molecular weight excluding hydrogens is 250 g/mol. The molecule has 1 aliphatic carbocycles. The Kier molecular flexibility index (Phi) is 4.31. The highest BCUT2D eigenvalue weighted by Crippen LogP contribution is 2.34. The zero-order valence-electron chi connectivity index (χ0n) is 8.41. The molecule has 0 amide bonds. The molecule has 0 aliphatic heterocycles. The lowest BCUT2D eigenvalue weighted by atomic mass is 10.1. The van der Waals surface area contributed by atoms with E-state index in [9.17, 15) is 0 Å². The van der Waals surface area contributed by atoms with Crippen LogP contribution < -0.4 is 0 Å². The number of hydrogen-bond acceptors (Lipinski definition) is 4. The Hall–Kier alpha value is 0.230. The van der Waals surface area contributed by atoms with Crippen LogP contribution in [0, 0.1) is 5.92 Å². The summed E-state index contributed by atoms with van der Waals surface area (Å²) in [5, 5.41) is 9.46. The highest BCUT2D eigenvalue weighted by Gasteiger charge is 2.16. The lowest BCUT2D eigenvalue weighted by Crippen LogP contribution is -1.95. The van der Waals surface area contributed by atoms with Crippen molar-refractivity contribution in [2.24, 2.45) is 5.92 Å². The van der Waals surface area contributed by atoms with Crippen molar-refractivity contribution < 1.29 is 5.11 Å². The van der Waals surface area contributed by atoms with Crippen LogP contribution in [0.25, 0.3) is 0 Å². The normalized spacial score (nSPS) is 17.5. The van der Waals surface area contributed by atoms with Crippen LogP contribution in [0.3, 0.4) is 0 Å². The van der Waals surface area contributed by atoms with E-state index >= 15 is 0 Å². The molecule has 1 aromatic heterocycles. The van der Waals surface area contributed by atoms with Crippen molar-refractivity contribution >= 4 is 34.7 Å². The van der Waals surface area contributed by atoms with E-state index in [0.717, 1.165) is 20.9 Å². The van der Waals surface area contributed by atoms with Crippen molar-refractivity contribution in [1.29, 1.82) is 0 Å². The molecule has 0 saturated heterocycles. The number of aliphatic hydroxyl groups excluding tert-OH is 1. The number of halogens is 1. The predicted octanol–water partition coefficient (Wildman–Crippen LogP) is 3.57. The second kappa shape index (κ2) is 5.53. The van der Waals surface area contributed by atoms with Crippen molar-refractivity contribution in [3.63, 3.8) is 0 Å². The minimum atomic E-state index is 0.000485. The van der Waals surface area contributed by atoms with Crippen LogP contribution in [0.5, 0.6) is 0 Å². The maximum atomic E-state index is 8.99. The summed E-state index contributed by atoms with van der Waals surface area (Å²) in [6.07, 6.45) is 5.48. The summed E-state index contributed by atoms with van der Waals surface area (Å²) < 4.78 is 0.996. The van der Waals surface area contributed by atoms with Crippen molar-refractivity contribution in [2.75, 3.05) is 5.75 Å². The van der Waals surface area contributed by atoms with Gasteiger partial charge >= 0.3 is 0 Å². The van der Waals surface area contributed by atoms with E-state index in [1.807, 2.05) is 0 Å². The number of aliphatic hydroxyl groups is 1. The fourth-order valence-corrected chi connectivity index (χ4v) is 4.35. The topological polar surface area (TPSA) is 33.1 Å². The van der Waals surface area contributed by atoms with Gasteiger partial charge in [0, 0.05) is 5.75 Å². The third kappa shape index (κ3) is 3.09. The second-order valence-electron chi connectivity index (χ2n) is 3.81. The number of hydrogen-bond donors (Lipinski definition) is 1. The van der Waals surface area contributed by atoms with Gasteiger partial charge in [-0.05, 0) is 18.8 Å². The molecule has 0 atom stereocenters. The Balaban J connectivity index is 1.87. The summed E-state index contributed by atoms with van der Waals surface area (Å²) in [4.78, 5) is 5.01. The molecule has 15 heavy (non-hydrogen) atoms. The monoisotopic (exact) mass is 263 g/mol. The minimum absolute atomic E-state index is 0.000485. The molecule has 0 unspecified atom stereocenters. The van der Waals surface area contributed by atoms with E-state index in [0.29, 0.717) is 5.15 Å². The number of thiazole rings is 1. The molecule has 1 aromatic rings. The van der Waals surface area contributed by atoms with Crippen molar-refractivity contribution in [2.45, 2.75) is 36.6 Å². The van der Waals surface area contributed by atoms with E-state index < -0.39 is 0 Å². The van der Waals surface area contributed by atoms with Crippen molar-refractivity contribution in [1.82, 2.24) is 4.98 Å². The average molecular weight is 264 g/mol. The molecule has 0 radical (unpaired) electrons. The van der Waals surface area contributed by atoms with Gasteiger partial charge in [0.2, 0.25) is 0 Å². The van der Waals surface area contributed by atoms with E-state index in [4.69, 9.17) is 16.7 Å². The lowest BCUT2D eigenvalue weighted by molar-refractivity contribution is 0.285. The van der Waals surface area contributed by atoms with Gasteiger partial charge < -0.3 is 5.11 Å². The molecular formula is C10H14ClNOS2. The maximum Gasteiger partial charge on any atom is 0.152 e. The highest BCUT2D eigenvalue weighted by atomic mass is 35.5. The summed E-state index contributed by atoms with van der Waals surface area (Å²) in [5.74, 6) is 2.00. The van der Waals surface area contributed by atoms with Gasteiger partial charge in [0.1, 0.15) is 5.15 Å². The zero-order valence-corrected chi connectivity index (χ0v) is 10.8. The molecule has 1 fully saturated rings. The Labute approximate surface area is 103 Å². The Morgan fingerprint density at radius 1 is 1.47 bits per heavy atom. The first kappa shape index (κ1) is 11.7. The molecule has 5 heteroatoms. The minimum Gasteiger partial charge on any atom is -0.391 e. The van der Waals surface area contributed by atoms with Crippen molar-refractivity contribution in [3.05, 3.63) is 10.0 Å². The van der Waals surface area contributed by atoms with E-state index in [1.165, 1.54) is 37.0 Å². The Bertz CT molecular complexity index is 323. The Morgan fingerprint density at radius 3 is 2.80 bits per heavy atom. The van der Waals surface area contributed by atoms with Crippen molar-refractivity contribution in [3.8, 4) is 0 Å². The fourth-order valence-electron chi connectivity index (χ4n) is 1.84. The SMILES string of the molecule is OCc1sc(SCC2CCCC2)nc1Cl. The van der Waals surface area contributed by atoms with Gasteiger partial charge in [-0.25, -0.2) is 4.98 Å². The second-order valence-corrected chi connectivity index (χ2v) is 6.52. The van der Waals surface area contributed by atoms with E-state index in [1.54, 1.807) is 11.8 Å². The first-order valence-corrected chi connectivity index (χ1v) is 7.36. The summed E-state index contributed by atoms with van der Waals surface area (Å²) in [6.45, 7) is 0.000485. The summed E-state index contributed by atoms with van der Waals surface area (Å²) >= 11 is 9.16. The lowest BCUT2D eigenvalue weighted by Gasteiger charge is -2.05. The van der Waals surface area contributed by atoms with Crippen LogP contribution in [0.2, 0.25) is 5.15 Å². The van der Waals surface area contributed by atoms with Crippen LogP contribution in [0.15, 0.2) is 4.34 Å². The van der Waals surface area contributed by atoms with Crippen LogP contribution in [-0.2, 0) is 6.61 Å². The van der Waals surface area contributed by atoms with Gasteiger partial charge in [0.25, 0.3) is 0 Å². The third-order valence-electron chi connectivity index (χ3n) is 2.69. The number of rotatable bonds is 4. The Morgan fingerprint density at radius 2 is 2.20 bits per heavy atom. The highest BCUT2D eigenvalue weighted by molar-refractivity contribution is 8.01. The number of nitrogens with zero attached hydrogens (tertiary/aromatic N) is 1. The first-order chi connectivity index (χ1) is 7.29. The molecule has 1 aliphatic rings. The largest absolute Gasteiger partial charge is 0.391 e. The molecule has 2 nitrogen and oxygen atoms in total. The van der Waals surface area contributed by atoms with Crippen LogP contribution in [0.4, 0.5) is 0 Å². The number of thioether (sulfide) groups is 1. The average Bonchev–Trinajstić information content (AvgIpc) is 2.83. The maximum absolute atomic E-state index is 8.99. The summed E-state index contributed by atoms with van der Waals surface area (Å²) in [5.41, 5.74) is 0. The van der Waals surface area contributed by atoms with Crippen LogP contribution >= 0.6 is 34.7 Å². The van der Waals surface area contributed by atoms with Gasteiger partial charge in [-0.2, -0.15) is 0 Å². The molecule has 0 spiro atoms. The molecule has 2 rings (SSSR count). The van der Waals surface area contributed by atoms with Crippen LogP contribution in [-0.4, -0.2) is 15.8 Å². The van der Waals surface area contributed by atoms with Gasteiger partial charge in [0.05, 0.1) is 11.5 Å². The molecule has 1 N–H and O–H groups in total. The van der Waals surface area contributed by atoms with E-state index in [-0.39, 0.29) is 6.61 Å². The molecule has 1 heterocycles. The zero-order chi connectivity index (χ0) is 10.7. The van der Waals surface area contributed by atoms with Gasteiger partial charge in [-0.1, -0.05) is 36.2 Å². The van der Waals surface area contributed by atoms with Gasteiger partial charge in [-0.3, -0.25) is 0 Å². The molecule has 1 saturated carbocycles. The first-order valence-electron chi connectivity index (χ1n) is 5.18. The third-order valence-corrected chi connectivity index (χ3v) is 5.53. The fraction of sp³-hybridized carbons (Fsp3) is 0.700. The molecule has 0 aromatic carbocycles. The van der Waals surface area contributed by atoms with Gasteiger partial charge in [-0.15, -0.1) is 11.3 Å². The van der Waals surface area contributed by atoms with Gasteiger partial charge in [0.15, 0.2) is 4.34 Å². The quantitative estimate of drug-likeness (QED) is 0.843. The predicted molar refractivity (Wildman–Crippen MR) is 65.7 cm³/mol. The van der Waals surface area contributed by atoms with E-state index in [2.05, 4.69) is 4.98 Å². The smallest absolute Gasteiger partial charge is 0.152 e. The summed E-state index contributed by atoms with van der Waals surface area (Å²) in [6, 6.07) is 0. The number of aromatic nitrogens is 1. The van der Waals surface area contributed by atoms with Crippen LogP contribution in [0.1, 0.15) is 30.6 Å². The standard InChI is InChI=1S/C10H14ClNOS2/c11-9-8(5-13)15-10(12-9)14-6-7-3-1-2-4-7/h7,13H,1-6H2. The summed E-state index contributed by atoms with van der Waals surface area (Å²) in [7, 11) is 0.